The highest BCUT2D eigenvalue weighted by atomic mass is 35.5. The Kier molecular flexibility index (Phi) is 5.13. The second kappa shape index (κ2) is 7.06. The Morgan fingerprint density at radius 2 is 1.82 bits per heavy atom. The molecule has 2 N–H and O–H groups in total. The number of aromatic nitrogens is 1. The molecule has 1 heterocycles. The summed E-state index contributed by atoms with van der Waals surface area (Å²) >= 11 is 11.9. The first-order chi connectivity index (χ1) is 10.5. The Balaban J connectivity index is 2.18. The van der Waals surface area contributed by atoms with Crippen molar-refractivity contribution in [2.75, 3.05) is 10.6 Å². The molecule has 9 heteroatoms. The quantitative estimate of drug-likeness (QED) is 0.879. The first-order valence-corrected chi connectivity index (χ1v) is 6.58. The van der Waals surface area contributed by atoms with Crippen molar-refractivity contribution in [3.05, 3.63) is 52.1 Å². The van der Waals surface area contributed by atoms with Gasteiger partial charge in [-0.1, -0.05) is 29.3 Å². The zero-order valence-electron chi connectivity index (χ0n) is 10.8. The van der Waals surface area contributed by atoms with E-state index in [0.717, 1.165) is 0 Å². The third kappa shape index (κ3) is 3.84. The summed E-state index contributed by atoms with van der Waals surface area (Å²) in [6.07, 6.45) is -0.0253. The number of hydrogen-bond donors (Lipinski definition) is 2. The molecule has 0 saturated heterocycles. The fourth-order valence-corrected chi connectivity index (χ4v) is 2.18. The summed E-state index contributed by atoms with van der Waals surface area (Å²) in [6, 6.07) is 7.44. The summed E-state index contributed by atoms with van der Waals surface area (Å²) in [6.45, 7) is 0. The molecular weight excluding hydrogens is 336 g/mol. The second-order valence-electron chi connectivity index (χ2n) is 3.97. The molecule has 2 amide bonds. The van der Waals surface area contributed by atoms with Crippen LogP contribution in [0.1, 0.15) is 10.4 Å². The SMILES string of the molecule is O=C(Nc1cc(NC(=O)c2c(Cl)cccc2Cl)ccn1)OF. The van der Waals surface area contributed by atoms with Gasteiger partial charge in [0.05, 0.1) is 15.6 Å². The topological polar surface area (TPSA) is 80.3 Å². The number of hydrogen-bond acceptors (Lipinski definition) is 4. The maximum Gasteiger partial charge on any atom is 0.450 e. The number of halogens is 3. The lowest BCUT2D eigenvalue weighted by Crippen LogP contribution is -2.14. The molecule has 0 aliphatic rings. The standard InChI is InChI=1S/C13H8Cl2FN3O3/c14-8-2-1-3-9(15)11(8)12(20)18-7-4-5-17-10(6-7)19-13(21)22-16/h1-6H,(H2,17,18,19,20,21). The van der Waals surface area contributed by atoms with E-state index in [0.29, 0.717) is 5.69 Å². The van der Waals surface area contributed by atoms with E-state index in [4.69, 9.17) is 23.2 Å². The number of nitrogens with zero attached hydrogens (tertiary/aromatic N) is 1. The molecule has 0 saturated carbocycles. The van der Waals surface area contributed by atoms with Crippen LogP contribution >= 0.6 is 23.2 Å². The van der Waals surface area contributed by atoms with Crippen molar-refractivity contribution in [3.63, 3.8) is 0 Å². The molecule has 1 aromatic carbocycles. The average molecular weight is 344 g/mol. The lowest BCUT2D eigenvalue weighted by molar-refractivity contribution is -0.0544. The van der Waals surface area contributed by atoms with E-state index in [1.54, 1.807) is 6.07 Å². The number of amides is 2. The Bertz CT molecular complexity index is 707. The van der Waals surface area contributed by atoms with Crippen LogP contribution in [0.2, 0.25) is 10.0 Å². The Morgan fingerprint density at radius 1 is 1.14 bits per heavy atom. The zero-order chi connectivity index (χ0) is 16.1. The molecule has 0 radical (unpaired) electrons. The number of nitrogens with one attached hydrogen (secondary N) is 2. The highest BCUT2D eigenvalue weighted by molar-refractivity contribution is 6.40. The van der Waals surface area contributed by atoms with E-state index >= 15 is 0 Å². The molecule has 0 spiro atoms. The smallest absolute Gasteiger partial charge is 0.322 e. The van der Waals surface area contributed by atoms with Crippen molar-refractivity contribution in [2.24, 2.45) is 0 Å². The van der Waals surface area contributed by atoms with Gasteiger partial charge in [0.15, 0.2) is 0 Å². The highest BCUT2D eigenvalue weighted by Crippen LogP contribution is 2.25. The number of anilines is 2. The number of carbonyl (C=O) groups is 2. The molecule has 2 rings (SSSR count). The van der Waals surface area contributed by atoms with Crippen LogP contribution in [0.5, 0.6) is 0 Å². The van der Waals surface area contributed by atoms with Crippen molar-refractivity contribution in [2.45, 2.75) is 0 Å². The summed E-state index contributed by atoms with van der Waals surface area (Å²) in [7, 11) is 0. The molecule has 0 bridgehead atoms. The molecule has 0 aliphatic heterocycles. The number of pyridine rings is 1. The van der Waals surface area contributed by atoms with Gasteiger partial charge in [0.1, 0.15) is 5.82 Å². The second-order valence-corrected chi connectivity index (χ2v) is 4.78. The molecule has 22 heavy (non-hydrogen) atoms. The Hall–Kier alpha value is -2.38. The van der Waals surface area contributed by atoms with Crippen molar-refractivity contribution in [3.8, 4) is 0 Å². The van der Waals surface area contributed by atoms with Gasteiger partial charge in [-0.2, -0.15) is 0 Å². The van der Waals surface area contributed by atoms with Gasteiger partial charge in [-0.25, -0.2) is 14.7 Å². The fraction of sp³-hybridized carbons (Fsp3) is 0. The Labute approximate surface area is 134 Å². The van der Waals surface area contributed by atoms with Crippen LogP contribution in [0.4, 0.5) is 20.8 Å². The van der Waals surface area contributed by atoms with Gasteiger partial charge in [0.25, 0.3) is 5.91 Å². The number of carbonyl (C=O) groups excluding carboxylic acids is 2. The fourth-order valence-electron chi connectivity index (χ4n) is 1.61. The first-order valence-electron chi connectivity index (χ1n) is 5.82. The third-order valence-electron chi connectivity index (χ3n) is 2.51. The summed E-state index contributed by atoms with van der Waals surface area (Å²) in [5.74, 6) is -0.550. The molecule has 0 fully saturated rings. The normalized spacial score (nSPS) is 9.95. The van der Waals surface area contributed by atoms with E-state index in [1.165, 1.54) is 30.5 Å². The number of benzene rings is 1. The van der Waals surface area contributed by atoms with Gasteiger partial charge in [0.2, 0.25) is 0 Å². The molecule has 2 aromatic rings. The van der Waals surface area contributed by atoms with E-state index in [2.05, 4.69) is 15.2 Å². The minimum Gasteiger partial charge on any atom is -0.322 e. The molecule has 0 atom stereocenters. The predicted molar refractivity (Wildman–Crippen MR) is 79.9 cm³/mol. The maximum absolute atomic E-state index is 12.2. The largest absolute Gasteiger partial charge is 0.450 e. The van der Waals surface area contributed by atoms with Crippen LogP contribution in [0.25, 0.3) is 0 Å². The summed E-state index contributed by atoms with van der Waals surface area (Å²) in [5.41, 5.74) is 0.408. The third-order valence-corrected chi connectivity index (χ3v) is 3.14. The van der Waals surface area contributed by atoms with Gasteiger partial charge in [0, 0.05) is 22.5 Å². The van der Waals surface area contributed by atoms with Crippen LogP contribution in [-0.4, -0.2) is 17.0 Å². The lowest BCUT2D eigenvalue weighted by atomic mass is 10.2. The molecule has 1 aromatic heterocycles. The van der Waals surface area contributed by atoms with Gasteiger partial charge in [-0.15, -0.1) is 0 Å². The van der Waals surface area contributed by atoms with E-state index in [9.17, 15) is 14.1 Å². The van der Waals surface area contributed by atoms with Gasteiger partial charge < -0.3 is 5.32 Å². The van der Waals surface area contributed by atoms with Crippen LogP contribution < -0.4 is 10.6 Å². The zero-order valence-corrected chi connectivity index (χ0v) is 12.3. The minimum atomic E-state index is -1.33. The van der Waals surface area contributed by atoms with Crippen molar-refractivity contribution in [1.29, 1.82) is 0 Å². The van der Waals surface area contributed by atoms with Crippen molar-refractivity contribution >= 4 is 46.7 Å². The van der Waals surface area contributed by atoms with Gasteiger partial charge in [-0.05, 0) is 18.2 Å². The average Bonchev–Trinajstić information content (AvgIpc) is 2.47. The highest BCUT2D eigenvalue weighted by Gasteiger charge is 2.15. The van der Waals surface area contributed by atoms with Crippen molar-refractivity contribution < 1.29 is 19.1 Å². The Morgan fingerprint density at radius 3 is 2.45 bits per heavy atom. The van der Waals surface area contributed by atoms with E-state index in [1.807, 2.05) is 5.32 Å². The maximum atomic E-state index is 12.2. The van der Waals surface area contributed by atoms with Gasteiger partial charge >= 0.3 is 6.09 Å². The van der Waals surface area contributed by atoms with E-state index in [-0.39, 0.29) is 21.4 Å². The van der Waals surface area contributed by atoms with Crippen LogP contribution in [0, 0.1) is 0 Å². The monoisotopic (exact) mass is 343 g/mol. The van der Waals surface area contributed by atoms with Crippen LogP contribution in [-0.2, 0) is 4.94 Å². The summed E-state index contributed by atoms with van der Waals surface area (Å²) in [4.78, 5) is 29.7. The molecule has 114 valence electrons. The molecule has 0 unspecified atom stereocenters. The van der Waals surface area contributed by atoms with Crippen LogP contribution in [0.15, 0.2) is 36.5 Å². The minimum absolute atomic E-state index is 0.00861. The number of rotatable bonds is 3. The molecular formula is C13H8Cl2FN3O3. The van der Waals surface area contributed by atoms with E-state index < -0.39 is 12.0 Å². The van der Waals surface area contributed by atoms with Crippen molar-refractivity contribution in [1.82, 2.24) is 4.98 Å². The van der Waals surface area contributed by atoms with Crippen LogP contribution in [0.3, 0.4) is 0 Å². The lowest BCUT2D eigenvalue weighted by Gasteiger charge is -2.09. The van der Waals surface area contributed by atoms with Gasteiger partial charge in [-0.3, -0.25) is 10.1 Å². The summed E-state index contributed by atoms with van der Waals surface area (Å²) < 4.78 is 11.7. The first kappa shape index (κ1) is 16.0. The molecule has 0 aliphatic carbocycles. The molecule has 6 nitrogen and oxygen atoms in total. The summed E-state index contributed by atoms with van der Waals surface area (Å²) in [5, 5.41) is 4.94. The predicted octanol–water partition coefficient (Wildman–Crippen LogP) is 4.07.